The highest BCUT2D eigenvalue weighted by molar-refractivity contribution is 6.31. The number of hydrogen-bond donors (Lipinski definition) is 0. The SMILES string of the molecule is Clc1ccc2c(c1)oc1ccc(-c3nc(-c4ccccc4)nc(-c4ccccc4)n3)cc12. The van der Waals surface area contributed by atoms with Crippen molar-refractivity contribution in [3.63, 3.8) is 0 Å². The van der Waals surface area contributed by atoms with Gasteiger partial charge in [-0.3, -0.25) is 0 Å². The van der Waals surface area contributed by atoms with E-state index in [0.29, 0.717) is 22.5 Å². The normalized spacial score (nSPS) is 11.3. The summed E-state index contributed by atoms with van der Waals surface area (Å²) in [6.07, 6.45) is 0. The Bertz CT molecular complexity index is 1520. The summed E-state index contributed by atoms with van der Waals surface area (Å²) < 4.78 is 5.97. The molecule has 0 saturated carbocycles. The topological polar surface area (TPSA) is 51.8 Å². The summed E-state index contributed by atoms with van der Waals surface area (Å²) in [7, 11) is 0. The van der Waals surface area contributed by atoms with E-state index >= 15 is 0 Å². The van der Waals surface area contributed by atoms with Crippen molar-refractivity contribution in [3.8, 4) is 34.2 Å². The van der Waals surface area contributed by atoms with E-state index in [9.17, 15) is 0 Å². The monoisotopic (exact) mass is 433 g/mol. The van der Waals surface area contributed by atoms with Gasteiger partial charge in [0.05, 0.1) is 0 Å². The van der Waals surface area contributed by atoms with Crippen molar-refractivity contribution in [1.29, 1.82) is 0 Å². The van der Waals surface area contributed by atoms with Crippen LogP contribution < -0.4 is 0 Å². The number of hydrogen-bond acceptors (Lipinski definition) is 4. The fourth-order valence-electron chi connectivity index (χ4n) is 3.83. The summed E-state index contributed by atoms with van der Waals surface area (Å²) in [5.41, 5.74) is 4.34. The van der Waals surface area contributed by atoms with Gasteiger partial charge in [0, 0.05) is 38.6 Å². The standard InChI is InChI=1S/C27H16ClN3O/c28-20-12-13-21-22-15-19(11-14-23(22)32-24(21)16-20)27-30-25(17-7-3-1-4-8-17)29-26(31-27)18-9-5-2-6-10-18/h1-16H. The number of fused-ring (bicyclic) bond motifs is 3. The van der Waals surface area contributed by atoms with Crippen molar-refractivity contribution in [2.45, 2.75) is 0 Å². The Hall–Kier alpha value is -4.02. The largest absolute Gasteiger partial charge is 0.456 e. The number of halogens is 1. The van der Waals surface area contributed by atoms with Crippen LogP contribution in [0.25, 0.3) is 56.1 Å². The van der Waals surface area contributed by atoms with Gasteiger partial charge in [-0.15, -0.1) is 0 Å². The second-order valence-electron chi connectivity index (χ2n) is 7.49. The van der Waals surface area contributed by atoms with E-state index in [1.165, 1.54) is 0 Å². The molecule has 0 saturated heterocycles. The molecule has 0 unspecified atom stereocenters. The molecule has 0 radical (unpaired) electrons. The first-order chi connectivity index (χ1) is 15.7. The molecule has 6 aromatic rings. The molecule has 32 heavy (non-hydrogen) atoms. The summed E-state index contributed by atoms with van der Waals surface area (Å²) in [6, 6.07) is 31.6. The minimum atomic E-state index is 0.614. The molecule has 5 heteroatoms. The lowest BCUT2D eigenvalue weighted by Gasteiger charge is -2.08. The summed E-state index contributed by atoms with van der Waals surface area (Å²) in [5.74, 6) is 1.89. The van der Waals surface area contributed by atoms with Gasteiger partial charge >= 0.3 is 0 Å². The van der Waals surface area contributed by atoms with Crippen molar-refractivity contribution in [2.24, 2.45) is 0 Å². The van der Waals surface area contributed by atoms with Gasteiger partial charge in [-0.05, 0) is 30.3 Å². The first-order valence-corrected chi connectivity index (χ1v) is 10.6. The van der Waals surface area contributed by atoms with Crippen LogP contribution in [-0.4, -0.2) is 15.0 Å². The van der Waals surface area contributed by atoms with Gasteiger partial charge in [-0.2, -0.15) is 0 Å². The molecular formula is C27H16ClN3O. The molecule has 2 aromatic heterocycles. The zero-order chi connectivity index (χ0) is 21.5. The second kappa shape index (κ2) is 7.59. The second-order valence-corrected chi connectivity index (χ2v) is 7.93. The Morgan fingerprint density at radius 1 is 0.500 bits per heavy atom. The maximum Gasteiger partial charge on any atom is 0.164 e. The van der Waals surface area contributed by atoms with Crippen LogP contribution in [0.2, 0.25) is 5.02 Å². The lowest BCUT2D eigenvalue weighted by atomic mass is 10.1. The van der Waals surface area contributed by atoms with Gasteiger partial charge in [0.15, 0.2) is 17.5 Å². The summed E-state index contributed by atoms with van der Waals surface area (Å²) in [6.45, 7) is 0. The minimum Gasteiger partial charge on any atom is -0.456 e. The van der Waals surface area contributed by atoms with E-state index in [1.807, 2.05) is 91.0 Å². The zero-order valence-corrected chi connectivity index (χ0v) is 17.6. The highest BCUT2D eigenvalue weighted by atomic mass is 35.5. The molecule has 0 N–H and O–H groups in total. The van der Waals surface area contributed by atoms with Gasteiger partial charge in [0.2, 0.25) is 0 Å². The Morgan fingerprint density at radius 3 is 1.72 bits per heavy atom. The highest BCUT2D eigenvalue weighted by Crippen LogP contribution is 2.33. The summed E-state index contributed by atoms with van der Waals surface area (Å²) in [4.78, 5) is 14.4. The van der Waals surface area contributed by atoms with Crippen molar-refractivity contribution >= 4 is 33.5 Å². The first kappa shape index (κ1) is 18.7. The van der Waals surface area contributed by atoms with Crippen LogP contribution in [0.4, 0.5) is 0 Å². The van der Waals surface area contributed by atoms with E-state index in [2.05, 4.69) is 6.07 Å². The third-order valence-corrected chi connectivity index (χ3v) is 5.63. The number of aromatic nitrogens is 3. The molecule has 0 fully saturated rings. The number of furan rings is 1. The predicted molar refractivity (Wildman–Crippen MR) is 128 cm³/mol. The number of benzene rings is 4. The fraction of sp³-hybridized carbons (Fsp3) is 0. The molecule has 4 aromatic carbocycles. The lowest BCUT2D eigenvalue weighted by molar-refractivity contribution is 0.669. The molecule has 0 spiro atoms. The molecular weight excluding hydrogens is 418 g/mol. The van der Waals surface area contributed by atoms with Gasteiger partial charge in [-0.25, -0.2) is 15.0 Å². The van der Waals surface area contributed by atoms with Crippen LogP contribution in [0.15, 0.2) is 101 Å². The van der Waals surface area contributed by atoms with E-state index in [-0.39, 0.29) is 0 Å². The quantitative estimate of drug-likeness (QED) is 0.291. The summed E-state index contributed by atoms with van der Waals surface area (Å²) >= 11 is 6.14. The van der Waals surface area contributed by atoms with Gasteiger partial charge in [-0.1, -0.05) is 72.3 Å². The van der Waals surface area contributed by atoms with Crippen LogP contribution in [0.3, 0.4) is 0 Å². The van der Waals surface area contributed by atoms with Gasteiger partial charge in [0.25, 0.3) is 0 Å². The molecule has 0 bridgehead atoms. The van der Waals surface area contributed by atoms with Crippen LogP contribution in [0.5, 0.6) is 0 Å². The average Bonchev–Trinajstić information content (AvgIpc) is 3.21. The Kier molecular flexibility index (Phi) is 4.44. The molecule has 2 heterocycles. The molecule has 0 aliphatic heterocycles. The van der Waals surface area contributed by atoms with Gasteiger partial charge < -0.3 is 4.42 Å². The molecule has 0 amide bonds. The van der Waals surface area contributed by atoms with E-state index in [1.54, 1.807) is 0 Å². The van der Waals surface area contributed by atoms with Gasteiger partial charge in [0.1, 0.15) is 11.2 Å². The average molecular weight is 434 g/mol. The molecule has 0 aliphatic carbocycles. The lowest BCUT2D eigenvalue weighted by Crippen LogP contribution is -2.00. The van der Waals surface area contributed by atoms with Crippen LogP contribution in [-0.2, 0) is 0 Å². The Labute approximate surface area is 189 Å². The molecule has 4 nitrogen and oxygen atoms in total. The summed E-state index contributed by atoms with van der Waals surface area (Å²) in [5, 5.41) is 2.65. The van der Waals surface area contributed by atoms with E-state index < -0.39 is 0 Å². The first-order valence-electron chi connectivity index (χ1n) is 10.2. The fourth-order valence-corrected chi connectivity index (χ4v) is 3.99. The highest BCUT2D eigenvalue weighted by Gasteiger charge is 2.14. The smallest absolute Gasteiger partial charge is 0.164 e. The Morgan fingerprint density at radius 2 is 1.09 bits per heavy atom. The van der Waals surface area contributed by atoms with E-state index in [0.717, 1.165) is 38.6 Å². The maximum atomic E-state index is 6.14. The maximum absolute atomic E-state index is 6.14. The zero-order valence-electron chi connectivity index (χ0n) is 16.9. The molecule has 6 rings (SSSR count). The van der Waals surface area contributed by atoms with Crippen LogP contribution in [0.1, 0.15) is 0 Å². The van der Waals surface area contributed by atoms with E-state index in [4.69, 9.17) is 31.0 Å². The van der Waals surface area contributed by atoms with Crippen molar-refractivity contribution < 1.29 is 4.42 Å². The van der Waals surface area contributed by atoms with Crippen molar-refractivity contribution in [3.05, 3.63) is 102 Å². The number of rotatable bonds is 3. The minimum absolute atomic E-state index is 0.614. The molecule has 152 valence electrons. The predicted octanol–water partition coefficient (Wildman–Crippen LogP) is 7.43. The number of nitrogens with zero attached hydrogens (tertiary/aromatic N) is 3. The molecule has 0 aliphatic rings. The molecule has 0 atom stereocenters. The van der Waals surface area contributed by atoms with Crippen molar-refractivity contribution in [1.82, 2.24) is 15.0 Å². The third-order valence-electron chi connectivity index (χ3n) is 5.39. The third kappa shape index (κ3) is 3.31. The van der Waals surface area contributed by atoms with Crippen LogP contribution >= 0.6 is 11.6 Å². The Balaban J connectivity index is 1.57. The van der Waals surface area contributed by atoms with Crippen molar-refractivity contribution in [2.75, 3.05) is 0 Å². The van der Waals surface area contributed by atoms with Crippen LogP contribution in [0, 0.1) is 0 Å².